The van der Waals surface area contributed by atoms with E-state index in [-0.39, 0.29) is 27.4 Å². The molecule has 0 saturated carbocycles. The fraction of sp³-hybridized carbons (Fsp3) is 0. The second-order valence-corrected chi connectivity index (χ2v) is 20.4. The first kappa shape index (κ1) is 41.2. The molecule has 0 aromatic heterocycles. The molecule has 10 N–H and O–H groups in total. The Morgan fingerprint density at radius 3 is 0.500 bits per heavy atom. The summed E-state index contributed by atoms with van der Waals surface area (Å²) in [4.78, 5) is 0. The topological polar surface area (TPSA) is 158 Å². The first-order valence-corrected chi connectivity index (χ1v) is 12.0. The van der Waals surface area contributed by atoms with Gasteiger partial charge in [-0.2, -0.15) is 0 Å². The number of hydrogen-bond donors (Lipinski definition) is 0. The minimum absolute atomic E-state index is 0. The summed E-state index contributed by atoms with van der Waals surface area (Å²) < 4.78 is 0. The summed E-state index contributed by atoms with van der Waals surface area (Å²) in [5, 5.41) is 0. The van der Waals surface area contributed by atoms with Crippen LogP contribution in [0.15, 0.2) is 0 Å². The zero-order chi connectivity index (χ0) is 4.50. The van der Waals surface area contributed by atoms with E-state index in [4.69, 9.17) is 36.8 Å². The van der Waals surface area contributed by atoms with Gasteiger partial charge in [0.1, 0.15) is 0 Å². The van der Waals surface area contributed by atoms with Gasteiger partial charge in [0.2, 0.25) is 0 Å². The van der Waals surface area contributed by atoms with E-state index >= 15 is 0 Å². The molecule has 10 heavy (non-hydrogen) atoms. The zero-order valence-corrected chi connectivity index (χ0v) is 9.68. The predicted octanol–water partition coefficient (Wildman–Crippen LogP) is -1.37. The zero-order valence-electron chi connectivity index (χ0n) is 4.46. The number of halogens is 4. The van der Waals surface area contributed by atoms with E-state index in [1.54, 1.807) is 0 Å². The van der Waals surface area contributed by atoms with Crippen LogP contribution in [0.2, 0.25) is 0 Å². The fourth-order valence-corrected chi connectivity index (χ4v) is 0. The summed E-state index contributed by atoms with van der Waals surface area (Å²) >= 11 is -3.21. The van der Waals surface area contributed by atoms with Gasteiger partial charge in [-0.3, -0.25) is 0 Å². The van der Waals surface area contributed by atoms with Crippen LogP contribution in [-0.4, -0.2) is 27.4 Å². The van der Waals surface area contributed by atoms with Crippen LogP contribution in [0.3, 0.4) is 0 Å². The van der Waals surface area contributed by atoms with E-state index in [0.29, 0.717) is 0 Å². The molecule has 5 nitrogen and oxygen atoms in total. The van der Waals surface area contributed by atoms with Crippen LogP contribution in [-0.2, 0) is 12.8 Å². The van der Waals surface area contributed by atoms with Crippen molar-refractivity contribution >= 4 is 36.8 Å². The van der Waals surface area contributed by atoms with Gasteiger partial charge in [-0.25, -0.2) is 0 Å². The van der Waals surface area contributed by atoms with Crippen LogP contribution in [0.4, 0.5) is 0 Å². The summed E-state index contributed by atoms with van der Waals surface area (Å²) in [5.74, 6) is 0. The van der Waals surface area contributed by atoms with Gasteiger partial charge in [-0.1, -0.05) is 0 Å². The standard InChI is InChI=1S/4ClH.Nb.5H2O/h4*1H;;5*1H2/q;;;;+4;;;;;/p-4. The summed E-state index contributed by atoms with van der Waals surface area (Å²) in [5.41, 5.74) is 0. The van der Waals surface area contributed by atoms with Crippen LogP contribution in [0.25, 0.3) is 0 Å². The van der Waals surface area contributed by atoms with Crippen LogP contribution < -0.4 is 0 Å². The summed E-state index contributed by atoms with van der Waals surface area (Å²) in [7, 11) is 20.1. The molecule has 0 heterocycles. The van der Waals surface area contributed by atoms with E-state index in [1.807, 2.05) is 0 Å². The Morgan fingerprint density at radius 2 is 0.500 bits per heavy atom. The molecular formula is H10Cl4NbO5. The Hall–Kier alpha value is 1.70. The maximum absolute atomic E-state index is 5.03. The minimum atomic E-state index is -3.21. The molecule has 0 bridgehead atoms. The van der Waals surface area contributed by atoms with Crippen molar-refractivity contribution in [2.75, 3.05) is 0 Å². The molecule has 10 heteroatoms. The molecule has 0 unspecified atom stereocenters. The Balaban J connectivity index is -0.00000000800. The molecule has 0 spiro atoms. The molecule has 0 saturated heterocycles. The normalized spacial score (nSPS) is 6.00. The summed E-state index contributed by atoms with van der Waals surface area (Å²) in [6.07, 6.45) is 0. The molecule has 73 valence electrons. The molecule has 0 amide bonds. The number of rotatable bonds is 0. The Bertz CT molecular complexity index is 29.1. The summed E-state index contributed by atoms with van der Waals surface area (Å²) in [6.45, 7) is 0. The van der Waals surface area contributed by atoms with E-state index in [9.17, 15) is 0 Å². The van der Waals surface area contributed by atoms with Crippen molar-refractivity contribution in [1.82, 2.24) is 0 Å². The average molecular weight is 325 g/mol. The van der Waals surface area contributed by atoms with Crippen LogP contribution >= 0.6 is 36.8 Å². The van der Waals surface area contributed by atoms with Gasteiger partial charge in [0, 0.05) is 0 Å². The molecule has 0 aliphatic heterocycles. The second-order valence-electron chi connectivity index (χ2n) is 0.383. The van der Waals surface area contributed by atoms with Crippen molar-refractivity contribution in [3.05, 3.63) is 0 Å². The van der Waals surface area contributed by atoms with Gasteiger partial charge in [0.25, 0.3) is 0 Å². The molecule has 0 aliphatic rings. The quantitative estimate of drug-likeness (QED) is 0.482. The van der Waals surface area contributed by atoms with Crippen molar-refractivity contribution in [2.24, 2.45) is 0 Å². The van der Waals surface area contributed by atoms with E-state index < -0.39 is 12.8 Å². The second kappa shape index (κ2) is 17.0. The third-order valence-corrected chi connectivity index (χ3v) is 0. The number of hydrogen-bond acceptors (Lipinski definition) is 0. The first-order chi connectivity index (χ1) is 2.00. The van der Waals surface area contributed by atoms with Crippen LogP contribution in [0.1, 0.15) is 0 Å². The van der Waals surface area contributed by atoms with Crippen molar-refractivity contribution < 1.29 is 40.2 Å². The maximum atomic E-state index is 5.03. The SMILES string of the molecule is O.O.O.O.O.[Cl][Nb]([Cl])([Cl])[Cl]. The first-order valence-electron chi connectivity index (χ1n) is 0.676. The average Bonchev–Trinajstić information content (AvgIpc) is 0.722. The van der Waals surface area contributed by atoms with Crippen molar-refractivity contribution in [3.63, 3.8) is 0 Å². The van der Waals surface area contributed by atoms with Crippen LogP contribution in [0.5, 0.6) is 0 Å². The molecule has 0 atom stereocenters. The third-order valence-electron chi connectivity index (χ3n) is 0. The van der Waals surface area contributed by atoms with Gasteiger partial charge >= 0.3 is 49.6 Å². The Kier molecular flexibility index (Phi) is 70.0. The van der Waals surface area contributed by atoms with E-state index in [1.165, 1.54) is 0 Å². The molecular weight excluding hydrogens is 315 g/mol. The van der Waals surface area contributed by atoms with Gasteiger partial charge in [0.05, 0.1) is 0 Å². The Morgan fingerprint density at radius 1 is 0.500 bits per heavy atom. The third kappa shape index (κ3) is 254. The predicted molar refractivity (Wildman–Crippen MR) is 41.5 cm³/mol. The van der Waals surface area contributed by atoms with E-state index in [0.717, 1.165) is 0 Å². The molecule has 0 aliphatic carbocycles. The van der Waals surface area contributed by atoms with E-state index in [2.05, 4.69) is 0 Å². The molecule has 0 fully saturated rings. The van der Waals surface area contributed by atoms with Crippen molar-refractivity contribution in [1.29, 1.82) is 0 Å². The van der Waals surface area contributed by atoms with Crippen molar-refractivity contribution in [2.45, 2.75) is 0 Å². The summed E-state index contributed by atoms with van der Waals surface area (Å²) in [6, 6.07) is 0. The molecule has 0 aromatic rings. The van der Waals surface area contributed by atoms with Gasteiger partial charge in [-0.15, -0.1) is 0 Å². The van der Waals surface area contributed by atoms with Crippen LogP contribution in [0, 0.1) is 0 Å². The monoisotopic (exact) mass is 323 g/mol. The molecule has 0 aromatic carbocycles. The van der Waals surface area contributed by atoms with Crippen molar-refractivity contribution in [3.8, 4) is 0 Å². The Labute approximate surface area is 76.6 Å². The van der Waals surface area contributed by atoms with Gasteiger partial charge in [0.15, 0.2) is 0 Å². The fourth-order valence-electron chi connectivity index (χ4n) is 0. The molecule has 0 rings (SSSR count). The van der Waals surface area contributed by atoms with Gasteiger partial charge in [-0.05, 0) is 0 Å². The van der Waals surface area contributed by atoms with Gasteiger partial charge < -0.3 is 27.4 Å². The molecule has 0 radical (unpaired) electrons.